The number of nitrogens with one attached hydrogen (secondary N) is 2. The Morgan fingerprint density at radius 2 is 2.00 bits per heavy atom. The van der Waals surface area contributed by atoms with Gasteiger partial charge < -0.3 is 15.5 Å². The number of hydrogen-bond donors (Lipinski definition) is 2. The van der Waals surface area contributed by atoms with Crippen LogP contribution < -0.4 is 10.6 Å². The van der Waals surface area contributed by atoms with Gasteiger partial charge in [-0.25, -0.2) is 14.4 Å². The van der Waals surface area contributed by atoms with Gasteiger partial charge in [0.1, 0.15) is 5.82 Å². The highest BCUT2D eigenvalue weighted by molar-refractivity contribution is 7.17. The third kappa shape index (κ3) is 4.55. The van der Waals surface area contributed by atoms with Crippen molar-refractivity contribution in [3.05, 3.63) is 47.0 Å². The summed E-state index contributed by atoms with van der Waals surface area (Å²) >= 11 is 1.41. The van der Waals surface area contributed by atoms with E-state index in [1.807, 2.05) is 39.1 Å². The summed E-state index contributed by atoms with van der Waals surface area (Å²) in [6.45, 7) is 8.28. The van der Waals surface area contributed by atoms with Crippen LogP contribution in [0.25, 0.3) is 10.2 Å². The van der Waals surface area contributed by atoms with Crippen LogP contribution >= 0.6 is 11.3 Å². The number of likely N-dealkylation sites (tertiary alicyclic amines) is 1. The van der Waals surface area contributed by atoms with E-state index in [1.54, 1.807) is 11.1 Å². The van der Waals surface area contributed by atoms with Gasteiger partial charge in [-0.05, 0) is 30.0 Å². The van der Waals surface area contributed by atoms with Crippen molar-refractivity contribution >= 4 is 39.3 Å². The fourth-order valence-corrected chi connectivity index (χ4v) is 4.11. The summed E-state index contributed by atoms with van der Waals surface area (Å²) in [6.07, 6.45) is 2.72. The maximum Gasteiger partial charge on any atom is 0.274 e. The van der Waals surface area contributed by atoms with Crippen LogP contribution in [-0.4, -0.2) is 50.8 Å². The molecule has 1 atom stereocenters. The zero-order valence-electron chi connectivity index (χ0n) is 18.3. The van der Waals surface area contributed by atoms with Gasteiger partial charge in [0, 0.05) is 24.7 Å². The van der Waals surface area contributed by atoms with E-state index in [-0.39, 0.29) is 29.8 Å². The predicted octanol–water partition coefficient (Wildman–Crippen LogP) is 3.39. The lowest BCUT2D eigenvalue weighted by Crippen LogP contribution is -2.62. The third-order valence-corrected chi connectivity index (χ3v) is 6.17. The maximum atomic E-state index is 13.5. The molecule has 0 spiro atoms. The number of halogens is 1. The van der Waals surface area contributed by atoms with E-state index in [1.165, 1.54) is 17.4 Å². The molecular formula is C22H25FN6O2S. The van der Waals surface area contributed by atoms with Gasteiger partial charge in [0.2, 0.25) is 11.9 Å². The van der Waals surface area contributed by atoms with Crippen LogP contribution in [0.3, 0.4) is 0 Å². The van der Waals surface area contributed by atoms with E-state index < -0.39 is 11.2 Å². The lowest BCUT2D eigenvalue weighted by molar-refractivity contribution is -0.130. The van der Waals surface area contributed by atoms with Crippen molar-refractivity contribution in [2.24, 2.45) is 5.41 Å². The molecule has 10 heteroatoms. The Morgan fingerprint density at radius 1 is 1.25 bits per heavy atom. The van der Waals surface area contributed by atoms with Gasteiger partial charge in [0.15, 0.2) is 5.69 Å². The molecule has 1 fully saturated rings. The average Bonchev–Trinajstić information content (AvgIpc) is 3.17. The number of hydrogen-bond acceptors (Lipinski definition) is 7. The molecule has 1 aliphatic heterocycles. The first kappa shape index (κ1) is 22.1. The molecule has 4 rings (SSSR count). The first-order chi connectivity index (χ1) is 15.1. The van der Waals surface area contributed by atoms with E-state index in [9.17, 15) is 14.0 Å². The average molecular weight is 457 g/mol. The summed E-state index contributed by atoms with van der Waals surface area (Å²) in [6, 6.07) is 2.86. The van der Waals surface area contributed by atoms with Crippen molar-refractivity contribution in [2.45, 2.75) is 39.8 Å². The zero-order valence-corrected chi connectivity index (χ0v) is 19.2. The van der Waals surface area contributed by atoms with Crippen LogP contribution in [0.4, 0.5) is 10.3 Å². The van der Waals surface area contributed by atoms with Crippen molar-refractivity contribution < 1.29 is 14.0 Å². The molecule has 0 radical (unpaired) electrons. The molecular weight excluding hydrogens is 431 g/mol. The highest BCUT2D eigenvalue weighted by Crippen LogP contribution is 2.27. The third-order valence-electron chi connectivity index (χ3n) is 5.26. The Balaban J connectivity index is 1.50. The zero-order chi connectivity index (χ0) is 23.0. The fraction of sp³-hybridized carbons (Fsp3) is 0.409. The molecule has 2 amide bonds. The van der Waals surface area contributed by atoms with Crippen molar-refractivity contribution in [3.8, 4) is 0 Å². The molecule has 4 heterocycles. The smallest absolute Gasteiger partial charge is 0.274 e. The Labute approximate surface area is 189 Å². The Morgan fingerprint density at radius 3 is 2.69 bits per heavy atom. The second-order valence-electron chi connectivity index (χ2n) is 8.96. The van der Waals surface area contributed by atoms with Crippen LogP contribution in [0.5, 0.6) is 0 Å². The van der Waals surface area contributed by atoms with E-state index in [2.05, 4.69) is 25.6 Å². The molecule has 32 heavy (non-hydrogen) atoms. The number of carbonyl (C=O) groups excluding carboxylic acids is 2. The number of thiophene rings is 1. The highest BCUT2D eigenvalue weighted by atomic mass is 32.1. The number of carbonyl (C=O) groups is 2. The van der Waals surface area contributed by atoms with E-state index in [0.29, 0.717) is 34.6 Å². The molecule has 168 valence electrons. The molecule has 3 aromatic heterocycles. The molecule has 0 aromatic carbocycles. The SMILES string of the molecule is CC(Nc1nc(C(=O)N2CC(NC(=O)C(C)(C)C)C2)c2sccc2n1)c1cncc(F)c1. The molecule has 2 N–H and O–H groups in total. The summed E-state index contributed by atoms with van der Waals surface area (Å²) in [5.41, 5.74) is 1.15. The van der Waals surface area contributed by atoms with Gasteiger partial charge in [-0.2, -0.15) is 0 Å². The molecule has 1 aliphatic rings. The first-order valence-electron chi connectivity index (χ1n) is 10.3. The van der Waals surface area contributed by atoms with E-state index >= 15 is 0 Å². The van der Waals surface area contributed by atoms with Gasteiger partial charge in [-0.1, -0.05) is 20.8 Å². The Hall–Kier alpha value is -3.14. The number of amides is 2. The van der Waals surface area contributed by atoms with Gasteiger partial charge in [0.05, 0.1) is 28.5 Å². The van der Waals surface area contributed by atoms with Crippen LogP contribution in [0.15, 0.2) is 29.9 Å². The van der Waals surface area contributed by atoms with Crippen LogP contribution in [-0.2, 0) is 4.79 Å². The minimum Gasteiger partial charge on any atom is -0.349 e. The number of anilines is 1. The van der Waals surface area contributed by atoms with Crippen molar-refractivity contribution in [3.63, 3.8) is 0 Å². The monoisotopic (exact) mass is 456 g/mol. The Bertz CT molecular complexity index is 1170. The van der Waals surface area contributed by atoms with Crippen LogP contribution in [0, 0.1) is 11.2 Å². The van der Waals surface area contributed by atoms with Gasteiger partial charge in [0.25, 0.3) is 5.91 Å². The molecule has 0 saturated carbocycles. The van der Waals surface area contributed by atoms with Crippen molar-refractivity contribution in [1.29, 1.82) is 0 Å². The number of nitrogens with zero attached hydrogens (tertiary/aromatic N) is 4. The summed E-state index contributed by atoms with van der Waals surface area (Å²) in [5.74, 6) is -0.380. The normalized spacial score (nSPS) is 15.3. The summed E-state index contributed by atoms with van der Waals surface area (Å²) < 4.78 is 14.2. The minimum absolute atomic E-state index is 0.0374. The maximum absolute atomic E-state index is 13.5. The number of rotatable bonds is 5. The van der Waals surface area contributed by atoms with E-state index in [4.69, 9.17) is 0 Å². The second-order valence-corrected chi connectivity index (χ2v) is 9.88. The molecule has 0 bridgehead atoms. The topological polar surface area (TPSA) is 100 Å². The summed E-state index contributed by atoms with van der Waals surface area (Å²) in [7, 11) is 0. The highest BCUT2D eigenvalue weighted by Gasteiger charge is 2.36. The number of pyridine rings is 1. The van der Waals surface area contributed by atoms with Gasteiger partial charge in [-0.3, -0.25) is 14.6 Å². The lowest BCUT2D eigenvalue weighted by Gasteiger charge is -2.40. The minimum atomic E-state index is -0.478. The molecule has 3 aromatic rings. The second kappa shape index (κ2) is 8.42. The van der Waals surface area contributed by atoms with Crippen LogP contribution in [0.2, 0.25) is 0 Å². The van der Waals surface area contributed by atoms with E-state index in [0.717, 1.165) is 6.20 Å². The van der Waals surface area contributed by atoms with Gasteiger partial charge in [-0.15, -0.1) is 11.3 Å². The summed E-state index contributed by atoms with van der Waals surface area (Å²) in [5, 5.41) is 7.97. The fourth-order valence-electron chi connectivity index (χ4n) is 3.30. The van der Waals surface area contributed by atoms with Gasteiger partial charge >= 0.3 is 0 Å². The molecule has 0 aliphatic carbocycles. The first-order valence-corrected chi connectivity index (χ1v) is 11.2. The van der Waals surface area contributed by atoms with Crippen molar-refractivity contribution in [2.75, 3.05) is 18.4 Å². The number of fused-ring (bicyclic) bond motifs is 1. The molecule has 1 saturated heterocycles. The quantitative estimate of drug-likeness (QED) is 0.611. The number of aromatic nitrogens is 3. The Kier molecular flexibility index (Phi) is 5.81. The lowest BCUT2D eigenvalue weighted by atomic mass is 9.94. The van der Waals surface area contributed by atoms with Crippen LogP contribution in [0.1, 0.15) is 49.8 Å². The summed E-state index contributed by atoms with van der Waals surface area (Å²) in [4.78, 5) is 39.9. The largest absolute Gasteiger partial charge is 0.349 e. The predicted molar refractivity (Wildman–Crippen MR) is 121 cm³/mol. The molecule has 1 unspecified atom stereocenters. The molecule has 8 nitrogen and oxygen atoms in total. The standard InChI is InChI=1S/C22H25FN6O2S/c1-12(13-7-14(23)9-24-8-13)25-21-27-16-5-6-32-18(16)17(28-21)19(30)29-10-15(11-29)26-20(31)22(2,3)4/h5-9,12,15H,10-11H2,1-4H3,(H,26,31)(H,25,27,28). The van der Waals surface area contributed by atoms with Crippen molar-refractivity contribution in [1.82, 2.24) is 25.2 Å².